The number of amides is 1. The Morgan fingerprint density at radius 1 is 1.15 bits per heavy atom. The number of anilines is 1. The number of benzene rings is 2. The van der Waals surface area contributed by atoms with Crippen molar-refractivity contribution in [3.63, 3.8) is 0 Å². The first kappa shape index (κ1) is 25.2. The average Bonchev–Trinajstić information content (AvgIpc) is 3.49. The number of hydrogen-bond acceptors (Lipinski definition) is 5. The summed E-state index contributed by atoms with van der Waals surface area (Å²) in [6, 6.07) is 16.3. The highest BCUT2D eigenvalue weighted by Crippen LogP contribution is 2.22. The number of carbonyl (C=O) groups excluding carboxylic acids is 1. The minimum atomic E-state index is -3.70. The number of primary amides is 1. The van der Waals surface area contributed by atoms with Gasteiger partial charge in [0.15, 0.2) is 0 Å². The molecule has 34 heavy (non-hydrogen) atoms. The molecule has 1 aliphatic heterocycles. The molecule has 1 aliphatic rings. The van der Waals surface area contributed by atoms with Crippen molar-refractivity contribution < 1.29 is 16.1 Å². The number of carbonyl (C=O) groups is 1. The molecule has 0 saturated carbocycles. The Labute approximate surface area is 207 Å². The topological polar surface area (TPSA) is 136 Å². The van der Waals surface area contributed by atoms with Gasteiger partial charge in [-0.2, -0.15) is 0 Å². The van der Waals surface area contributed by atoms with Crippen molar-refractivity contribution in [1.82, 2.24) is 9.29 Å². The molecule has 2 heterocycles. The van der Waals surface area contributed by atoms with Crippen LogP contribution in [-0.4, -0.2) is 43.4 Å². The number of fused-ring (bicyclic) bond motifs is 1. The number of nitrogens with zero attached hydrogens (tertiary/aromatic N) is 3. The summed E-state index contributed by atoms with van der Waals surface area (Å²) >= 11 is 4.74. The summed E-state index contributed by atoms with van der Waals surface area (Å²) in [5, 5.41) is 0.941. The SMILES string of the molecule is C[C@H](C(N)=O)n1ccc2ccccc21.NC=NC(=S)NS(=O)(=O)c1ccc(N2CCCC2)cc1.[HH].[HH]. The minimum absolute atomic E-state index is 0. The number of rotatable bonds is 5. The van der Waals surface area contributed by atoms with Crippen molar-refractivity contribution in [1.29, 1.82) is 0 Å². The zero-order valence-corrected chi connectivity index (χ0v) is 20.4. The number of hydrogen-bond donors (Lipinski definition) is 3. The molecule has 184 valence electrons. The van der Waals surface area contributed by atoms with Gasteiger partial charge in [-0.25, -0.2) is 13.4 Å². The van der Waals surface area contributed by atoms with E-state index in [1.54, 1.807) is 31.2 Å². The van der Waals surface area contributed by atoms with Crippen LogP contribution in [0.15, 0.2) is 70.7 Å². The standard InChI is InChI=1S/C12H16N4O2S2.C11H12N2O.2H2/c13-9-14-12(19)15-20(17,18)11-5-3-10(4-6-11)16-7-1-2-8-16;1-8(11(12)14)13-7-6-9-4-2-3-5-10(9)13;;/h3-6,9H,1-2,7-8H2,(H3,13,14,15,19);2-8H,1H3,(H2,12,14);2*1H/t;8-;;/m.1../s1. The van der Waals surface area contributed by atoms with Gasteiger partial charge in [-0.05, 0) is 73.8 Å². The Morgan fingerprint density at radius 2 is 1.79 bits per heavy atom. The van der Waals surface area contributed by atoms with Gasteiger partial charge in [-0.3, -0.25) is 9.52 Å². The summed E-state index contributed by atoms with van der Waals surface area (Å²) in [5.41, 5.74) is 12.4. The molecule has 1 aromatic heterocycles. The van der Waals surface area contributed by atoms with Crippen LogP contribution >= 0.6 is 12.2 Å². The molecule has 0 spiro atoms. The van der Waals surface area contributed by atoms with E-state index in [1.165, 1.54) is 12.8 Å². The quantitative estimate of drug-likeness (QED) is 0.278. The summed E-state index contributed by atoms with van der Waals surface area (Å²) in [6.07, 6.45) is 5.18. The lowest BCUT2D eigenvalue weighted by molar-refractivity contribution is -0.120. The number of sulfonamides is 1. The Kier molecular flexibility index (Phi) is 8.24. The molecule has 3 aromatic rings. The second-order valence-electron chi connectivity index (χ2n) is 7.74. The monoisotopic (exact) mass is 504 g/mol. The molecule has 1 amide bonds. The van der Waals surface area contributed by atoms with E-state index in [-0.39, 0.29) is 24.8 Å². The summed E-state index contributed by atoms with van der Waals surface area (Å²) in [7, 11) is -3.70. The molecule has 4 rings (SSSR count). The number of nitrogens with two attached hydrogens (primary N) is 2. The first-order chi connectivity index (χ1) is 16.2. The van der Waals surface area contributed by atoms with Crippen LogP contribution in [0.25, 0.3) is 10.9 Å². The normalized spacial score (nSPS) is 14.6. The molecule has 5 N–H and O–H groups in total. The molecule has 1 fully saturated rings. The lowest BCUT2D eigenvalue weighted by Crippen LogP contribution is -2.28. The Hall–Kier alpha value is -3.44. The van der Waals surface area contributed by atoms with E-state index >= 15 is 0 Å². The van der Waals surface area contributed by atoms with Gasteiger partial charge in [-0.1, -0.05) is 18.2 Å². The first-order valence-electron chi connectivity index (χ1n) is 10.7. The summed E-state index contributed by atoms with van der Waals surface area (Å²) in [6.45, 7) is 3.83. The molecule has 1 saturated heterocycles. The van der Waals surface area contributed by atoms with Crippen LogP contribution in [0.1, 0.15) is 28.7 Å². The van der Waals surface area contributed by atoms with Crippen molar-refractivity contribution in [2.75, 3.05) is 18.0 Å². The molecule has 0 radical (unpaired) electrons. The second kappa shape index (κ2) is 11.1. The van der Waals surface area contributed by atoms with Crippen molar-refractivity contribution in [2.24, 2.45) is 16.5 Å². The Bertz CT molecular complexity index is 1290. The highest BCUT2D eigenvalue weighted by molar-refractivity contribution is 7.91. The summed E-state index contributed by atoms with van der Waals surface area (Å²) in [5.74, 6) is -0.314. The third kappa shape index (κ3) is 6.12. The fraction of sp³-hybridized carbons (Fsp3) is 0.261. The zero-order valence-electron chi connectivity index (χ0n) is 18.8. The van der Waals surface area contributed by atoms with Gasteiger partial charge < -0.3 is 20.9 Å². The van der Waals surface area contributed by atoms with Gasteiger partial charge in [0.1, 0.15) is 6.04 Å². The number of nitrogens with one attached hydrogen (secondary N) is 1. The summed E-state index contributed by atoms with van der Waals surface area (Å²) in [4.78, 5) is 16.9. The Balaban J connectivity index is 0.000000359. The number of para-hydroxylation sites is 1. The van der Waals surface area contributed by atoms with E-state index in [4.69, 9.17) is 23.7 Å². The number of aromatic nitrogens is 1. The first-order valence-corrected chi connectivity index (χ1v) is 12.6. The van der Waals surface area contributed by atoms with Crippen molar-refractivity contribution >= 4 is 56.2 Å². The van der Waals surface area contributed by atoms with E-state index in [1.807, 2.05) is 41.1 Å². The van der Waals surface area contributed by atoms with Crippen molar-refractivity contribution in [3.8, 4) is 0 Å². The van der Waals surface area contributed by atoms with Crippen molar-refractivity contribution in [3.05, 3.63) is 60.8 Å². The number of thiocarbonyl (C=S) groups is 1. The van der Waals surface area contributed by atoms with Crippen LogP contribution in [0, 0.1) is 0 Å². The predicted molar refractivity (Wildman–Crippen MR) is 144 cm³/mol. The van der Waals surface area contributed by atoms with Gasteiger partial charge in [0, 0.05) is 33.3 Å². The molecule has 1 atom stereocenters. The van der Waals surface area contributed by atoms with Crippen LogP contribution in [0.2, 0.25) is 0 Å². The molecular weight excluding hydrogens is 472 g/mol. The lowest BCUT2D eigenvalue weighted by atomic mass is 10.2. The number of aliphatic imine (C=N–C) groups is 1. The highest BCUT2D eigenvalue weighted by Gasteiger charge is 2.17. The van der Waals surface area contributed by atoms with Gasteiger partial charge in [0.25, 0.3) is 10.0 Å². The van der Waals surface area contributed by atoms with Crippen LogP contribution in [-0.2, 0) is 14.8 Å². The molecular formula is C23H32N6O3S2. The fourth-order valence-corrected chi connectivity index (χ4v) is 4.94. The maximum absolute atomic E-state index is 12.0. The highest BCUT2D eigenvalue weighted by atomic mass is 32.2. The van der Waals surface area contributed by atoms with E-state index in [9.17, 15) is 13.2 Å². The predicted octanol–water partition coefficient (Wildman–Crippen LogP) is 3.02. The van der Waals surface area contributed by atoms with E-state index in [0.29, 0.717) is 0 Å². The van der Waals surface area contributed by atoms with Gasteiger partial charge in [0.05, 0.1) is 11.2 Å². The minimum Gasteiger partial charge on any atom is -0.390 e. The third-order valence-electron chi connectivity index (χ3n) is 5.49. The van der Waals surface area contributed by atoms with E-state index < -0.39 is 10.0 Å². The molecule has 11 heteroatoms. The molecule has 9 nitrogen and oxygen atoms in total. The van der Waals surface area contributed by atoms with Gasteiger partial charge in [0.2, 0.25) is 11.0 Å². The van der Waals surface area contributed by atoms with Gasteiger partial charge in [-0.15, -0.1) is 0 Å². The van der Waals surface area contributed by atoms with Crippen LogP contribution in [0.4, 0.5) is 5.69 Å². The van der Waals surface area contributed by atoms with Crippen LogP contribution in [0.5, 0.6) is 0 Å². The molecule has 2 aromatic carbocycles. The molecule has 0 unspecified atom stereocenters. The van der Waals surface area contributed by atoms with Crippen LogP contribution in [0.3, 0.4) is 0 Å². The Morgan fingerprint density at radius 3 is 2.41 bits per heavy atom. The molecule has 0 bridgehead atoms. The lowest BCUT2D eigenvalue weighted by Gasteiger charge is -2.17. The van der Waals surface area contributed by atoms with Crippen LogP contribution < -0.4 is 21.1 Å². The average molecular weight is 505 g/mol. The van der Waals surface area contributed by atoms with E-state index in [2.05, 4.69) is 14.6 Å². The molecule has 0 aliphatic carbocycles. The van der Waals surface area contributed by atoms with Crippen molar-refractivity contribution in [2.45, 2.75) is 30.7 Å². The summed E-state index contributed by atoms with van der Waals surface area (Å²) < 4.78 is 28.1. The zero-order chi connectivity index (χ0) is 24.7. The maximum atomic E-state index is 12.0. The fourth-order valence-electron chi connectivity index (χ4n) is 3.66. The largest absolute Gasteiger partial charge is 0.390 e. The second-order valence-corrected chi connectivity index (χ2v) is 9.81. The van der Waals surface area contributed by atoms with E-state index in [0.717, 1.165) is 36.0 Å². The maximum Gasteiger partial charge on any atom is 0.263 e. The third-order valence-corrected chi connectivity index (χ3v) is 7.18. The van der Waals surface area contributed by atoms with Gasteiger partial charge >= 0.3 is 0 Å². The smallest absolute Gasteiger partial charge is 0.263 e.